The Balaban J connectivity index is 1.52. The minimum absolute atomic E-state index is 0.163. The molecule has 0 aliphatic carbocycles. The van der Waals surface area contributed by atoms with Crippen molar-refractivity contribution in [3.8, 4) is 0 Å². The molecule has 1 aliphatic heterocycles. The standard InChI is InChI=1S/C22H23N3O4S2/c1-17-2-4-18(5-3-17)16-24-12-15-30-22(24)23-21(26)19-6-8-20(9-7-19)31(27,28)25-10-13-29-14-11-25/h2-9,12,15H,10-11,13-14,16H2,1H3. The predicted molar refractivity (Wildman–Crippen MR) is 119 cm³/mol. The van der Waals surface area contributed by atoms with Gasteiger partial charge in [0.2, 0.25) is 10.0 Å². The number of thiazole rings is 1. The Morgan fingerprint density at radius 3 is 2.42 bits per heavy atom. The Morgan fingerprint density at radius 1 is 1.06 bits per heavy atom. The summed E-state index contributed by atoms with van der Waals surface area (Å²) in [5.74, 6) is -0.407. The van der Waals surface area contributed by atoms with E-state index >= 15 is 0 Å². The summed E-state index contributed by atoms with van der Waals surface area (Å²) in [6.45, 7) is 4.09. The number of amides is 1. The third kappa shape index (κ3) is 5.01. The molecule has 162 valence electrons. The average Bonchev–Trinajstić information content (AvgIpc) is 3.22. The summed E-state index contributed by atoms with van der Waals surface area (Å²) in [4.78, 5) is 17.7. The van der Waals surface area contributed by atoms with Crippen molar-refractivity contribution in [3.05, 3.63) is 81.6 Å². The maximum absolute atomic E-state index is 12.7. The maximum atomic E-state index is 12.7. The molecule has 1 amide bonds. The average molecular weight is 458 g/mol. The monoisotopic (exact) mass is 457 g/mol. The van der Waals surface area contributed by atoms with Crippen LogP contribution in [0.15, 0.2) is 70.0 Å². The van der Waals surface area contributed by atoms with E-state index in [9.17, 15) is 13.2 Å². The van der Waals surface area contributed by atoms with Gasteiger partial charge in [-0.2, -0.15) is 9.30 Å². The van der Waals surface area contributed by atoms with Crippen LogP contribution in [-0.2, 0) is 21.3 Å². The normalized spacial score (nSPS) is 15.8. The predicted octanol–water partition coefficient (Wildman–Crippen LogP) is 2.67. The van der Waals surface area contributed by atoms with Gasteiger partial charge in [-0.15, -0.1) is 11.3 Å². The van der Waals surface area contributed by atoms with E-state index in [0.717, 1.165) is 5.56 Å². The lowest BCUT2D eigenvalue weighted by molar-refractivity contribution is 0.0730. The maximum Gasteiger partial charge on any atom is 0.279 e. The molecule has 0 N–H and O–H groups in total. The molecule has 4 rings (SSSR count). The molecule has 0 bridgehead atoms. The Hall–Kier alpha value is -2.59. The second kappa shape index (κ2) is 9.27. The van der Waals surface area contributed by atoms with Gasteiger partial charge in [-0.25, -0.2) is 8.42 Å². The number of carbonyl (C=O) groups is 1. The molecule has 2 heterocycles. The molecule has 2 aromatic carbocycles. The van der Waals surface area contributed by atoms with E-state index in [4.69, 9.17) is 4.74 Å². The van der Waals surface area contributed by atoms with Gasteiger partial charge in [0.1, 0.15) is 0 Å². The van der Waals surface area contributed by atoms with Crippen LogP contribution in [0.1, 0.15) is 21.5 Å². The number of benzene rings is 2. The summed E-state index contributed by atoms with van der Waals surface area (Å²) in [6, 6.07) is 14.2. The highest BCUT2D eigenvalue weighted by molar-refractivity contribution is 7.89. The van der Waals surface area contributed by atoms with E-state index in [0.29, 0.717) is 43.2 Å². The van der Waals surface area contributed by atoms with Crippen LogP contribution in [0, 0.1) is 6.92 Å². The van der Waals surface area contributed by atoms with Crippen molar-refractivity contribution in [2.24, 2.45) is 4.99 Å². The summed E-state index contributed by atoms with van der Waals surface area (Å²) >= 11 is 1.38. The molecule has 0 unspecified atom stereocenters. The van der Waals surface area contributed by atoms with Crippen LogP contribution in [0.4, 0.5) is 0 Å². The topological polar surface area (TPSA) is 81.0 Å². The van der Waals surface area contributed by atoms with Crippen LogP contribution in [-0.4, -0.2) is 49.5 Å². The molecular weight excluding hydrogens is 434 g/mol. The second-order valence-corrected chi connectivity index (χ2v) is 10.1. The summed E-state index contributed by atoms with van der Waals surface area (Å²) in [5, 5.41) is 1.89. The molecule has 31 heavy (non-hydrogen) atoms. The van der Waals surface area contributed by atoms with Crippen LogP contribution in [0.3, 0.4) is 0 Å². The highest BCUT2D eigenvalue weighted by Crippen LogP contribution is 2.18. The third-order valence-corrected chi connectivity index (χ3v) is 7.75. The lowest BCUT2D eigenvalue weighted by Crippen LogP contribution is -2.40. The summed E-state index contributed by atoms with van der Waals surface area (Å²) in [5.41, 5.74) is 2.66. The molecule has 1 aromatic heterocycles. The zero-order chi connectivity index (χ0) is 21.8. The van der Waals surface area contributed by atoms with Gasteiger partial charge in [-0.1, -0.05) is 29.8 Å². The minimum Gasteiger partial charge on any atom is -0.379 e. The zero-order valence-corrected chi connectivity index (χ0v) is 18.7. The van der Waals surface area contributed by atoms with Crippen LogP contribution in [0.5, 0.6) is 0 Å². The van der Waals surface area contributed by atoms with E-state index in [1.807, 2.05) is 23.1 Å². The van der Waals surface area contributed by atoms with Gasteiger partial charge in [-0.3, -0.25) is 4.79 Å². The molecule has 0 saturated carbocycles. The molecule has 1 fully saturated rings. The smallest absolute Gasteiger partial charge is 0.279 e. The first-order chi connectivity index (χ1) is 14.9. The molecule has 3 aromatic rings. The molecule has 1 aliphatic rings. The number of carbonyl (C=O) groups excluding carboxylic acids is 1. The molecule has 0 atom stereocenters. The number of sulfonamides is 1. The number of rotatable bonds is 5. The largest absolute Gasteiger partial charge is 0.379 e. The van der Waals surface area contributed by atoms with Gasteiger partial charge in [0.05, 0.1) is 18.1 Å². The Kier molecular flexibility index (Phi) is 6.47. The first-order valence-electron chi connectivity index (χ1n) is 9.90. The SMILES string of the molecule is Cc1ccc(Cn2ccsc2=NC(=O)c2ccc(S(=O)(=O)N3CCOCC3)cc2)cc1. The van der Waals surface area contributed by atoms with Gasteiger partial charge in [-0.05, 0) is 36.8 Å². The Labute approximate surface area is 185 Å². The molecular formula is C22H23N3O4S2. The van der Waals surface area contributed by atoms with Crippen LogP contribution < -0.4 is 4.80 Å². The first-order valence-corrected chi connectivity index (χ1v) is 12.2. The molecule has 0 radical (unpaired) electrons. The molecule has 9 heteroatoms. The van der Waals surface area contributed by atoms with E-state index in [1.165, 1.54) is 45.5 Å². The summed E-state index contributed by atoms with van der Waals surface area (Å²) in [7, 11) is -3.59. The number of hydrogen-bond acceptors (Lipinski definition) is 5. The number of nitrogens with zero attached hydrogens (tertiary/aromatic N) is 3. The minimum atomic E-state index is -3.59. The van der Waals surface area contributed by atoms with Gasteiger partial charge in [0.15, 0.2) is 4.80 Å². The lowest BCUT2D eigenvalue weighted by atomic mass is 10.1. The van der Waals surface area contributed by atoms with Gasteiger partial charge in [0.25, 0.3) is 5.91 Å². The second-order valence-electron chi connectivity index (χ2n) is 7.26. The van der Waals surface area contributed by atoms with E-state index in [1.54, 1.807) is 0 Å². The van der Waals surface area contributed by atoms with Crippen molar-refractivity contribution >= 4 is 27.3 Å². The fourth-order valence-electron chi connectivity index (χ4n) is 3.25. The lowest BCUT2D eigenvalue weighted by Gasteiger charge is -2.26. The third-order valence-electron chi connectivity index (χ3n) is 5.04. The number of ether oxygens (including phenoxy) is 1. The summed E-state index contributed by atoms with van der Waals surface area (Å²) < 4.78 is 34.0. The number of hydrogen-bond donors (Lipinski definition) is 0. The van der Waals surface area contributed by atoms with Gasteiger partial charge in [0, 0.05) is 36.8 Å². The quantitative estimate of drug-likeness (QED) is 0.590. The van der Waals surface area contributed by atoms with E-state index < -0.39 is 15.9 Å². The van der Waals surface area contributed by atoms with Crippen molar-refractivity contribution in [2.75, 3.05) is 26.3 Å². The highest BCUT2D eigenvalue weighted by Gasteiger charge is 2.26. The van der Waals surface area contributed by atoms with Crippen molar-refractivity contribution < 1.29 is 17.9 Å². The molecule has 7 nitrogen and oxygen atoms in total. The number of aromatic nitrogens is 1. The zero-order valence-electron chi connectivity index (χ0n) is 17.1. The Bertz CT molecular complexity index is 1220. The Morgan fingerprint density at radius 2 is 1.74 bits per heavy atom. The fraction of sp³-hybridized carbons (Fsp3) is 0.273. The van der Waals surface area contributed by atoms with Gasteiger partial charge >= 0.3 is 0 Å². The molecule has 0 spiro atoms. The molecule has 1 saturated heterocycles. The summed E-state index contributed by atoms with van der Waals surface area (Å²) in [6.07, 6.45) is 1.90. The van der Waals surface area contributed by atoms with E-state index in [2.05, 4.69) is 29.3 Å². The van der Waals surface area contributed by atoms with Crippen molar-refractivity contribution in [2.45, 2.75) is 18.4 Å². The van der Waals surface area contributed by atoms with Crippen LogP contribution >= 0.6 is 11.3 Å². The van der Waals surface area contributed by atoms with E-state index in [-0.39, 0.29) is 4.90 Å². The number of aryl methyl sites for hydroxylation is 1. The highest BCUT2D eigenvalue weighted by atomic mass is 32.2. The first kappa shape index (κ1) is 21.6. The van der Waals surface area contributed by atoms with Crippen LogP contribution in [0.2, 0.25) is 0 Å². The van der Waals surface area contributed by atoms with Crippen molar-refractivity contribution in [1.29, 1.82) is 0 Å². The van der Waals surface area contributed by atoms with Crippen molar-refractivity contribution in [3.63, 3.8) is 0 Å². The number of morpholine rings is 1. The fourth-order valence-corrected chi connectivity index (χ4v) is 5.39. The van der Waals surface area contributed by atoms with Gasteiger partial charge < -0.3 is 9.30 Å². The van der Waals surface area contributed by atoms with Crippen molar-refractivity contribution in [1.82, 2.24) is 8.87 Å². The van der Waals surface area contributed by atoms with Crippen LogP contribution in [0.25, 0.3) is 0 Å².